The first-order valence-corrected chi connectivity index (χ1v) is 21.9. The normalized spacial score (nSPS) is 43.3. The molecule has 3 N–H and O–H groups in total. The van der Waals surface area contributed by atoms with Crippen LogP contribution in [0.15, 0.2) is 48.6 Å². The summed E-state index contributed by atoms with van der Waals surface area (Å²) in [6, 6.07) is 11.0. The largest absolute Gasteiger partial charge is 0.633 e. The Morgan fingerprint density at radius 1 is 1.10 bits per heavy atom. The van der Waals surface area contributed by atoms with Crippen molar-refractivity contribution >= 4 is 23.3 Å². The molecule has 2 bridgehead atoms. The van der Waals surface area contributed by atoms with E-state index in [9.17, 15) is 20.2 Å². The van der Waals surface area contributed by atoms with Crippen molar-refractivity contribution < 1.29 is 43.4 Å². The molecule has 2 aromatic carbocycles. The lowest BCUT2D eigenvalue weighted by Crippen LogP contribution is -2.79. The monoisotopic (exact) mass is 812 g/mol. The number of ether oxygens (including phenoxy) is 4. The molecule has 0 radical (unpaired) electrons. The third kappa shape index (κ3) is 4.94. The predicted octanol–water partition coefficient (Wildman–Crippen LogP) is 4.13. The summed E-state index contributed by atoms with van der Waals surface area (Å²) in [5, 5.41) is 44.6. The number of aliphatic hydroxyl groups is 2. The fourth-order valence-electron chi connectivity index (χ4n) is 14.6. The topological polar surface area (TPSA) is 156 Å². The lowest BCUT2D eigenvalue weighted by molar-refractivity contribution is -0.890. The zero-order valence-corrected chi connectivity index (χ0v) is 35.2. The molecule has 13 heteroatoms. The summed E-state index contributed by atoms with van der Waals surface area (Å²) in [5.41, 5.74) is -0.854. The Labute approximate surface area is 346 Å². The molecule has 10 rings (SSSR count). The van der Waals surface area contributed by atoms with Gasteiger partial charge in [0, 0.05) is 78.1 Å². The number of nitrogens with one attached hydrogen (secondary N) is 1. The number of nitrogens with zero attached hydrogens (tertiary/aromatic N) is 3. The van der Waals surface area contributed by atoms with Crippen LogP contribution in [0.3, 0.4) is 0 Å². The molecule has 59 heavy (non-hydrogen) atoms. The second kappa shape index (κ2) is 13.1. The van der Waals surface area contributed by atoms with Gasteiger partial charge in [0.1, 0.15) is 41.6 Å². The summed E-state index contributed by atoms with van der Waals surface area (Å²) >= 11 is 0. The van der Waals surface area contributed by atoms with E-state index in [0.717, 1.165) is 35.5 Å². The Bertz CT molecular complexity index is 2120. The van der Waals surface area contributed by atoms with E-state index in [4.69, 9.17) is 18.9 Å². The lowest BCUT2D eigenvalue weighted by atomic mass is 9.48. The highest BCUT2D eigenvalue weighted by atomic mass is 16.6. The van der Waals surface area contributed by atoms with Gasteiger partial charge in [-0.25, -0.2) is 0 Å². The third-order valence-corrected chi connectivity index (χ3v) is 16.9. The van der Waals surface area contributed by atoms with Gasteiger partial charge in [0.05, 0.1) is 45.5 Å². The van der Waals surface area contributed by atoms with Gasteiger partial charge in [-0.15, -0.1) is 0 Å². The molecule has 1 saturated carbocycles. The van der Waals surface area contributed by atoms with Crippen molar-refractivity contribution in [3.63, 3.8) is 0 Å². The lowest BCUT2D eigenvalue weighted by Gasteiger charge is -2.64. The number of para-hydroxylation sites is 1. The summed E-state index contributed by atoms with van der Waals surface area (Å²) in [5.74, 6) is -0.764. The summed E-state index contributed by atoms with van der Waals surface area (Å²) in [6.07, 6.45) is 5.74. The minimum atomic E-state index is -1.86. The summed E-state index contributed by atoms with van der Waals surface area (Å²) in [7, 11) is 5.02. The number of piperidine rings is 1. The maximum absolute atomic E-state index is 15.4. The van der Waals surface area contributed by atoms with E-state index in [0.29, 0.717) is 63.2 Å². The Kier molecular flexibility index (Phi) is 8.78. The van der Waals surface area contributed by atoms with E-state index in [-0.39, 0.29) is 41.7 Å². The Morgan fingerprint density at radius 2 is 1.90 bits per heavy atom. The highest BCUT2D eigenvalue weighted by molar-refractivity contribution is 5.89. The molecule has 13 atom stereocenters. The van der Waals surface area contributed by atoms with Crippen LogP contribution in [0.5, 0.6) is 5.75 Å². The quantitative estimate of drug-likeness (QED) is 0.115. The van der Waals surface area contributed by atoms with Crippen molar-refractivity contribution in [2.45, 2.75) is 118 Å². The fourth-order valence-corrected chi connectivity index (χ4v) is 14.6. The van der Waals surface area contributed by atoms with Crippen molar-refractivity contribution in [2.75, 3.05) is 70.8 Å². The predicted molar refractivity (Wildman–Crippen MR) is 220 cm³/mol. The molecule has 13 nitrogen and oxygen atoms in total. The molecule has 8 aliphatic rings. The van der Waals surface area contributed by atoms with Gasteiger partial charge in [0.2, 0.25) is 0 Å². The van der Waals surface area contributed by atoms with Crippen LogP contribution in [0, 0.1) is 16.5 Å². The fraction of sp³-hybridized carbons (Fsp3) is 0.652. The van der Waals surface area contributed by atoms with Crippen LogP contribution >= 0.6 is 0 Å². The molecule has 7 aliphatic heterocycles. The zero-order chi connectivity index (χ0) is 41.5. The van der Waals surface area contributed by atoms with Gasteiger partial charge in [-0.3, -0.25) is 14.5 Å². The van der Waals surface area contributed by atoms with Gasteiger partial charge in [-0.1, -0.05) is 51.1 Å². The Morgan fingerprint density at radius 3 is 2.63 bits per heavy atom. The van der Waals surface area contributed by atoms with Crippen molar-refractivity contribution in [1.82, 2.24) is 4.90 Å². The maximum atomic E-state index is 15.4. The first-order chi connectivity index (χ1) is 28.3. The standard InChI is InChI=1S/C46H60N4O9/c1-7-35(51)58-26-46(54)39-44(17-19-49-18-12-16-42(8-2,38(44)49)40(46)52)30-21-31(34(56-5)22-33(30)48(39)4)45(41(53)57-6)23-27-24-50(55,25-43(9-3)37(27)59-43)20-15-29-28-13-10-11-14-32(28)47-36(29)45/h10-14,16,21-22,27,29,36-40,47,52,54H,7-9,15,17-20,23-26H2,1-6H3/t27?,29?,36?,37?,38-,39+,40+,42+,43?,44+,45+,46-,50?/m1/s1. The molecule has 6 unspecified atom stereocenters. The van der Waals surface area contributed by atoms with Crippen molar-refractivity contribution in [3.8, 4) is 5.75 Å². The van der Waals surface area contributed by atoms with Gasteiger partial charge in [0.25, 0.3) is 0 Å². The molecule has 1 spiro atoms. The molecule has 2 aromatic rings. The van der Waals surface area contributed by atoms with Crippen LogP contribution in [0.2, 0.25) is 0 Å². The van der Waals surface area contributed by atoms with Crippen LogP contribution in [-0.2, 0) is 34.6 Å². The maximum Gasteiger partial charge on any atom is 0.318 e. The third-order valence-electron chi connectivity index (χ3n) is 16.9. The van der Waals surface area contributed by atoms with Gasteiger partial charge in [-0.2, -0.15) is 0 Å². The highest BCUT2D eigenvalue weighted by Gasteiger charge is 2.77. The molecule has 318 valence electrons. The Balaban J connectivity index is 1.23. The number of carbonyl (C=O) groups excluding carboxylic acids is 2. The van der Waals surface area contributed by atoms with Crippen molar-refractivity contribution in [2.24, 2.45) is 11.3 Å². The van der Waals surface area contributed by atoms with Gasteiger partial charge >= 0.3 is 11.9 Å². The number of aliphatic hydroxyl groups excluding tert-OH is 1. The number of likely N-dealkylation sites (N-methyl/N-ethyl adjacent to an activating group) is 1. The number of fused-ring (bicyclic) bond motifs is 8. The van der Waals surface area contributed by atoms with Gasteiger partial charge < -0.3 is 49.2 Å². The summed E-state index contributed by atoms with van der Waals surface area (Å²) < 4.78 is 24.4. The van der Waals surface area contributed by atoms with E-state index in [1.165, 1.54) is 7.11 Å². The van der Waals surface area contributed by atoms with E-state index in [1.807, 2.05) is 25.2 Å². The molecular formula is C46H60N4O9. The highest BCUT2D eigenvalue weighted by Crippen LogP contribution is 2.68. The molecule has 4 saturated heterocycles. The smallest absolute Gasteiger partial charge is 0.318 e. The van der Waals surface area contributed by atoms with Crippen LogP contribution in [-0.4, -0.2) is 134 Å². The van der Waals surface area contributed by atoms with Crippen LogP contribution in [0.1, 0.15) is 81.9 Å². The minimum Gasteiger partial charge on any atom is -0.633 e. The number of quaternary nitrogens is 1. The van der Waals surface area contributed by atoms with Crippen LogP contribution < -0.4 is 15.0 Å². The van der Waals surface area contributed by atoms with E-state index in [1.54, 1.807) is 14.0 Å². The molecular weight excluding hydrogens is 753 g/mol. The summed E-state index contributed by atoms with van der Waals surface area (Å²) in [4.78, 5) is 32.7. The van der Waals surface area contributed by atoms with Crippen LogP contribution in [0.4, 0.5) is 11.4 Å². The molecule has 0 aromatic heterocycles. The number of rotatable bonds is 8. The molecule has 0 amide bonds. The molecule has 1 aliphatic carbocycles. The number of hydroxylamine groups is 3. The number of carbonyl (C=O) groups is 2. The number of anilines is 2. The number of esters is 2. The molecule has 5 fully saturated rings. The van der Waals surface area contributed by atoms with Crippen molar-refractivity contribution in [3.05, 3.63) is 70.4 Å². The number of methoxy groups -OCH3 is 2. The minimum absolute atomic E-state index is 0.141. The molecule has 7 heterocycles. The average Bonchev–Trinajstić information content (AvgIpc) is 3.51. The van der Waals surface area contributed by atoms with E-state index >= 15 is 4.79 Å². The first-order valence-electron chi connectivity index (χ1n) is 21.9. The summed E-state index contributed by atoms with van der Waals surface area (Å²) in [6.45, 7) is 8.10. The van der Waals surface area contributed by atoms with Gasteiger partial charge in [-0.05, 0) is 55.5 Å². The average molecular weight is 813 g/mol. The SMILES string of the molecule is CCC(=O)OC[C@]1(O)[C@@H](O)[C@@]2(CC)C=CCN3CC[C@]4(c5cc([C@@]6(C(=O)OC)CC7C[N+]([O-])(CCC8c9ccccc9NC86)CC6(CC)OC76)c(OC)cc5N(C)[C@H]14)[C@H]32. The first kappa shape index (κ1) is 39.4. The second-order valence-electron chi connectivity index (χ2n) is 19.2. The van der Waals surface area contributed by atoms with E-state index < -0.39 is 57.6 Å². The second-order valence-corrected chi connectivity index (χ2v) is 19.2. The van der Waals surface area contributed by atoms with E-state index in [2.05, 4.69) is 59.3 Å². The zero-order valence-electron chi connectivity index (χ0n) is 35.2. The van der Waals surface area contributed by atoms with Crippen LogP contribution in [0.25, 0.3) is 0 Å². The number of epoxide rings is 1. The number of hydrogen-bond acceptors (Lipinski definition) is 12. The number of hydrogen-bond donors (Lipinski definition) is 3. The van der Waals surface area contributed by atoms with Gasteiger partial charge in [0.15, 0.2) is 0 Å². The van der Waals surface area contributed by atoms with Crippen molar-refractivity contribution in [1.29, 1.82) is 0 Å². The number of benzene rings is 2. The Hall–Kier alpha value is -3.72.